The van der Waals surface area contributed by atoms with Gasteiger partial charge in [-0.1, -0.05) is 30.3 Å². The van der Waals surface area contributed by atoms with Crippen molar-refractivity contribution >= 4 is 0 Å². The predicted molar refractivity (Wildman–Crippen MR) is 80.1 cm³/mol. The third-order valence-corrected chi connectivity index (χ3v) is 4.91. The van der Waals surface area contributed by atoms with Gasteiger partial charge in [-0.05, 0) is 42.6 Å². The molecule has 1 heterocycles. The highest BCUT2D eigenvalue weighted by molar-refractivity contribution is 5.62. The van der Waals surface area contributed by atoms with Crippen LogP contribution in [0.1, 0.15) is 31.2 Å². The summed E-state index contributed by atoms with van der Waals surface area (Å²) >= 11 is 0. The van der Waals surface area contributed by atoms with Crippen LogP contribution in [0.2, 0.25) is 0 Å². The number of nitrogens with one attached hydrogen (secondary N) is 2. The van der Waals surface area contributed by atoms with Gasteiger partial charge in [-0.2, -0.15) is 5.10 Å². The fourth-order valence-corrected chi connectivity index (χ4v) is 3.33. The van der Waals surface area contributed by atoms with E-state index < -0.39 is 0 Å². The molecule has 0 spiro atoms. The Balaban J connectivity index is 1.41. The van der Waals surface area contributed by atoms with Crippen molar-refractivity contribution < 1.29 is 0 Å². The Morgan fingerprint density at radius 3 is 2.70 bits per heavy atom. The zero-order chi connectivity index (χ0) is 13.4. The average molecular weight is 267 g/mol. The summed E-state index contributed by atoms with van der Waals surface area (Å²) in [7, 11) is 0. The number of H-pyrrole nitrogens is 1. The van der Waals surface area contributed by atoms with Gasteiger partial charge in [-0.25, -0.2) is 0 Å². The van der Waals surface area contributed by atoms with Crippen molar-refractivity contribution in [1.82, 2.24) is 15.5 Å². The Kier molecular flexibility index (Phi) is 2.88. The molecule has 104 valence electrons. The van der Waals surface area contributed by atoms with Gasteiger partial charge in [0.25, 0.3) is 0 Å². The molecule has 2 aliphatic carbocycles. The molecule has 0 amide bonds. The summed E-state index contributed by atoms with van der Waals surface area (Å²) in [6.45, 7) is 2.09. The molecule has 3 nitrogen and oxygen atoms in total. The summed E-state index contributed by atoms with van der Waals surface area (Å²) in [5.74, 6) is 1.02. The molecular formula is C17H21N3. The summed E-state index contributed by atoms with van der Waals surface area (Å²) in [6, 6.07) is 10.4. The molecule has 20 heavy (non-hydrogen) atoms. The van der Waals surface area contributed by atoms with Crippen molar-refractivity contribution in [3.63, 3.8) is 0 Å². The maximum atomic E-state index is 4.21. The first-order valence-corrected chi connectivity index (χ1v) is 7.66. The first-order chi connectivity index (χ1) is 9.87. The molecule has 4 rings (SSSR count). The van der Waals surface area contributed by atoms with Gasteiger partial charge in [-0.15, -0.1) is 0 Å². The van der Waals surface area contributed by atoms with Gasteiger partial charge in [0.2, 0.25) is 0 Å². The number of hydrogen-bond acceptors (Lipinski definition) is 2. The number of aromatic amines is 1. The minimum absolute atomic E-state index is 0.663. The van der Waals surface area contributed by atoms with Crippen LogP contribution in [0.4, 0.5) is 0 Å². The van der Waals surface area contributed by atoms with E-state index in [4.69, 9.17) is 0 Å². The highest BCUT2D eigenvalue weighted by Gasteiger charge is 2.53. The number of nitrogens with zero attached hydrogens (tertiary/aromatic N) is 1. The molecule has 0 aliphatic heterocycles. The van der Waals surface area contributed by atoms with Crippen molar-refractivity contribution in [2.75, 3.05) is 6.54 Å². The zero-order valence-electron chi connectivity index (χ0n) is 11.7. The molecular weight excluding hydrogens is 246 g/mol. The van der Waals surface area contributed by atoms with E-state index in [0.29, 0.717) is 5.41 Å². The maximum Gasteiger partial charge on any atom is 0.0695 e. The Morgan fingerprint density at radius 1 is 1.20 bits per heavy atom. The molecule has 0 radical (unpaired) electrons. The largest absolute Gasteiger partial charge is 0.312 e. The molecule has 1 aromatic carbocycles. The van der Waals surface area contributed by atoms with Crippen molar-refractivity contribution in [3.8, 4) is 11.3 Å². The van der Waals surface area contributed by atoms with Crippen LogP contribution in [-0.2, 0) is 6.54 Å². The molecule has 0 bridgehead atoms. The van der Waals surface area contributed by atoms with Gasteiger partial charge >= 0.3 is 0 Å². The molecule has 0 atom stereocenters. The first-order valence-electron chi connectivity index (χ1n) is 7.66. The van der Waals surface area contributed by atoms with Crippen LogP contribution in [0.3, 0.4) is 0 Å². The zero-order valence-corrected chi connectivity index (χ0v) is 11.7. The summed E-state index contributed by atoms with van der Waals surface area (Å²) in [5, 5.41) is 11.0. The van der Waals surface area contributed by atoms with Crippen molar-refractivity contribution in [2.24, 2.45) is 11.3 Å². The van der Waals surface area contributed by atoms with Gasteiger partial charge in [-0.3, -0.25) is 5.10 Å². The second-order valence-electron chi connectivity index (χ2n) is 6.38. The van der Waals surface area contributed by atoms with Crippen LogP contribution in [0.5, 0.6) is 0 Å². The number of rotatable bonds is 6. The Bertz CT molecular complexity index is 579. The quantitative estimate of drug-likeness (QED) is 0.842. The maximum absolute atomic E-state index is 4.21. The fraction of sp³-hybridized carbons (Fsp3) is 0.471. The van der Waals surface area contributed by atoms with Crippen molar-refractivity contribution in [2.45, 2.75) is 32.2 Å². The molecule has 2 fully saturated rings. The third-order valence-electron chi connectivity index (χ3n) is 4.91. The van der Waals surface area contributed by atoms with E-state index in [2.05, 4.69) is 39.8 Å². The summed E-state index contributed by atoms with van der Waals surface area (Å²) < 4.78 is 0. The molecule has 2 aliphatic rings. The number of aromatic nitrogens is 2. The van der Waals surface area contributed by atoms with Crippen LogP contribution in [0.15, 0.2) is 36.5 Å². The van der Waals surface area contributed by atoms with Crippen LogP contribution < -0.4 is 5.32 Å². The van der Waals surface area contributed by atoms with Crippen LogP contribution in [0, 0.1) is 11.3 Å². The molecule has 3 heteroatoms. The van der Waals surface area contributed by atoms with Crippen LogP contribution >= 0.6 is 0 Å². The lowest BCUT2D eigenvalue weighted by molar-refractivity contribution is 0.403. The van der Waals surface area contributed by atoms with Gasteiger partial charge in [0.15, 0.2) is 0 Å². The number of benzene rings is 1. The fourth-order valence-electron chi connectivity index (χ4n) is 3.33. The SMILES string of the molecule is c1ccc(-c2[nH]ncc2CNCC2(C3CC3)CC2)cc1. The topological polar surface area (TPSA) is 40.7 Å². The first kappa shape index (κ1) is 12.2. The van der Waals surface area contributed by atoms with E-state index in [-0.39, 0.29) is 0 Å². The minimum atomic E-state index is 0.663. The lowest BCUT2D eigenvalue weighted by atomic mass is 10.0. The summed E-state index contributed by atoms with van der Waals surface area (Å²) in [5.41, 5.74) is 4.29. The van der Waals surface area contributed by atoms with E-state index in [1.165, 1.54) is 43.4 Å². The summed E-state index contributed by atoms with van der Waals surface area (Å²) in [6.07, 6.45) is 7.74. The highest BCUT2D eigenvalue weighted by atomic mass is 15.1. The standard InChI is InChI=1S/C17H21N3/c1-2-4-13(5-3-1)16-14(11-19-20-16)10-18-12-17(8-9-17)15-6-7-15/h1-5,11,15,18H,6-10,12H2,(H,19,20). The smallest absolute Gasteiger partial charge is 0.0695 e. The second kappa shape index (κ2) is 4.74. The third kappa shape index (κ3) is 2.27. The lowest BCUT2D eigenvalue weighted by Gasteiger charge is -2.15. The lowest BCUT2D eigenvalue weighted by Crippen LogP contribution is -2.25. The van der Waals surface area contributed by atoms with E-state index in [1.54, 1.807) is 0 Å². The summed E-state index contributed by atoms with van der Waals surface area (Å²) in [4.78, 5) is 0. The van der Waals surface area contributed by atoms with Crippen molar-refractivity contribution in [1.29, 1.82) is 0 Å². The monoisotopic (exact) mass is 267 g/mol. The molecule has 2 aromatic rings. The minimum Gasteiger partial charge on any atom is -0.312 e. The van der Waals surface area contributed by atoms with E-state index >= 15 is 0 Å². The van der Waals surface area contributed by atoms with Gasteiger partial charge in [0, 0.05) is 18.7 Å². The van der Waals surface area contributed by atoms with Gasteiger partial charge in [0.05, 0.1) is 11.9 Å². The van der Waals surface area contributed by atoms with E-state index in [0.717, 1.165) is 18.2 Å². The molecule has 0 saturated heterocycles. The molecule has 0 unspecified atom stereocenters. The van der Waals surface area contributed by atoms with Crippen LogP contribution in [0.25, 0.3) is 11.3 Å². The van der Waals surface area contributed by atoms with Gasteiger partial charge in [0.1, 0.15) is 0 Å². The van der Waals surface area contributed by atoms with Crippen LogP contribution in [-0.4, -0.2) is 16.7 Å². The van der Waals surface area contributed by atoms with Crippen molar-refractivity contribution in [3.05, 3.63) is 42.1 Å². The normalized spacial score (nSPS) is 20.0. The van der Waals surface area contributed by atoms with Gasteiger partial charge < -0.3 is 5.32 Å². The highest BCUT2D eigenvalue weighted by Crippen LogP contribution is 2.60. The average Bonchev–Trinajstić information content (AvgIpc) is 3.38. The second-order valence-corrected chi connectivity index (χ2v) is 6.38. The molecule has 1 aromatic heterocycles. The van der Waals surface area contributed by atoms with E-state index in [1.807, 2.05) is 12.3 Å². The Morgan fingerprint density at radius 2 is 2.00 bits per heavy atom. The predicted octanol–water partition coefficient (Wildman–Crippen LogP) is 3.36. The molecule has 2 N–H and O–H groups in total. The number of hydrogen-bond donors (Lipinski definition) is 2. The Labute approximate surface area is 119 Å². The van der Waals surface area contributed by atoms with E-state index in [9.17, 15) is 0 Å². The Hall–Kier alpha value is -1.61. The molecule has 2 saturated carbocycles.